The van der Waals surface area contributed by atoms with Crippen LogP contribution in [0.4, 0.5) is 0 Å². The van der Waals surface area contributed by atoms with Gasteiger partial charge in [-0.3, -0.25) is 4.79 Å². The molecule has 5 aliphatic heterocycles. The number of aliphatic hydroxyl groups is 12. The largest absolute Gasteiger partial charge is 0.394 e. The Morgan fingerprint density at radius 1 is 0.633 bits per heavy atom. The predicted octanol–water partition coefficient (Wildman–Crippen LogP) is -8.92. The van der Waals surface area contributed by atoms with E-state index in [1.54, 1.807) is 0 Å². The maximum Gasteiger partial charge on any atom is 0.217 e. The van der Waals surface area contributed by atoms with Crippen molar-refractivity contribution in [2.45, 2.75) is 180 Å². The van der Waals surface area contributed by atoms with E-state index in [9.17, 15) is 66.1 Å². The fourth-order valence-electron chi connectivity index (χ4n) is 8.28. The summed E-state index contributed by atoms with van der Waals surface area (Å²) in [5.41, 5.74) is 5.56. The normalized spacial score (nSPS) is 51.4. The van der Waals surface area contributed by atoms with Crippen LogP contribution in [0.15, 0.2) is 0 Å². The van der Waals surface area contributed by atoms with Gasteiger partial charge in [0.2, 0.25) is 5.91 Å². The lowest BCUT2D eigenvalue weighted by molar-refractivity contribution is -0.395. The second-order valence-electron chi connectivity index (χ2n) is 15.9. The first-order valence-electron chi connectivity index (χ1n) is 20.0. The van der Waals surface area contributed by atoms with Crippen LogP contribution in [0.25, 0.3) is 0 Å². The molecule has 4 bridgehead atoms. The molecule has 1 aliphatic carbocycles. The third kappa shape index (κ3) is 9.93. The zero-order chi connectivity index (χ0) is 43.7. The Bertz CT molecular complexity index is 1380. The van der Waals surface area contributed by atoms with Gasteiger partial charge < -0.3 is 120 Å². The van der Waals surface area contributed by atoms with Crippen LogP contribution in [0.2, 0.25) is 0 Å². The minimum atomic E-state index is -1.94. The lowest BCUT2D eigenvalue weighted by atomic mass is 9.86. The topological polar surface area (TPSA) is 390 Å². The SMILES string of the molecule is CC(=O)NC1[C@H](O[C@@H]2C(O)[C@H](OCCCN)OC(CO)[C@@H]2O)OC(CO)[C@H]2O[C@@H]3OC(COC4C[C@@H](O[C@H]12)[C@@H](O)C(O)[C@@H]4O)[C@H](O)C(O)C3O[C@@H]1O[C@@H](C)[C@@H](O)C(O)C1O. The van der Waals surface area contributed by atoms with Gasteiger partial charge >= 0.3 is 0 Å². The van der Waals surface area contributed by atoms with Crippen molar-refractivity contribution in [3.05, 3.63) is 0 Å². The molecule has 6 aliphatic rings. The first-order chi connectivity index (χ1) is 28.5. The molecule has 348 valence electrons. The Morgan fingerprint density at radius 2 is 1.27 bits per heavy atom. The number of carbonyl (C=O) groups is 1. The summed E-state index contributed by atoms with van der Waals surface area (Å²) in [5.74, 6) is -0.731. The first-order valence-corrected chi connectivity index (χ1v) is 20.0. The molecule has 0 spiro atoms. The summed E-state index contributed by atoms with van der Waals surface area (Å²) in [5, 5.41) is 133. The maximum absolute atomic E-state index is 12.9. The molecule has 5 saturated heterocycles. The van der Waals surface area contributed by atoms with Gasteiger partial charge in [-0.2, -0.15) is 0 Å². The van der Waals surface area contributed by atoms with Crippen LogP contribution < -0.4 is 11.1 Å². The van der Waals surface area contributed by atoms with Crippen molar-refractivity contribution in [2.75, 3.05) is 33.0 Å². The van der Waals surface area contributed by atoms with E-state index in [1.165, 1.54) is 6.92 Å². The van der Waals surface area contributed by atoms with Gasteiger partial charge in [-0.25, -0.2) is 0 Å². The maximum atomic E-state index is 12.9. The molecule has 25 nitrogen and oxygen atoms in total. The van der Waals surface area contributed by atoms with E-state index < -0.39 is 179 Å². The minimum absolute atomic E-state index is 0.0120. The molecule has 6 fully saturated rings. The van der Waals surface area contributed by atoms with Crippen molar-refractivity contribution in [3.8, 4) is 0 Å². The molecule has 25 atom stereocenters. The van der Waals surface area contributed by atoms with Crippen LogP contribution in [-0.4, -0.2) is 253 Å². The van der Waals surface area contributed by atoms with Gasteiger partial charge in [-0.1, -0.05) is 0 Å². The van der Waals surface area contributed by atoms with Crippen LogP contribution >= 0.6 is 0 Å². The van der Waals surface area contributed by atoms with E-state index >= 15 is 0 Å². The summed E-state index contributed by atoms with van der Waals surface area (Å²) >= 11 is 0. The van der Waals surface area contributed by atoms with Gasteiger partial charge in [-0.05, 0) is 19.9 Å². The predicted molar refractivity (Wildman–Crippen MR) is 189 cm³/mol. The average Bonchev–Trinajstić information content (AvgIpc) is 3.21. The smallest absolute Gasteiger partial charge is 0.217 e. The van der Waals surface area contributed by atoms with Gasteiger partial charge in [0.1, 0.15) is 110 Å². The number of nitrogens with one attached hydrogen (secondary N) is 1. The third-order valence-electron chi connectivity index (χ3n) is 11.7. The summed E-state index contributed by atoms with van der Waals surface area (Å²) in [7, 11) is 0. The Balaban J connectivity index is 1.38. The molecule has 0 radical (unpaired) electrons. The van der Waals surface area contributed by atoms with Crippen LogP contribution in [0.1, 0.15) is 26.7 Å². The second kappa shape index (κ2) is 20.6. The van der Waals surface area contributed by atoms with Gasteiger partial charge in [0.05, 0.1) is 44.7 Å². The van der Waals surface area contributed by atoms with Crippen LogP contribution in [0.5, 0.6) is 0 Å². The molecule has 11 unspecified atom stereocenters. The number of fused-ring (bicyclic) bond motifs is 5. The second-order valence-corrected chi connectivity index (χ2v) is 15.9. The average molecular weight is 877 g/mol. The zero-order valence-corrected chi connectivity index (χ0v) is 32.8. The molecule has 15 N–H and O–H groups in total. The van der Waals surface area contributed by atoms with Crippen molar-refractivity contribution >= 4 is 5.91 Å². The Kier molecular flexibility index (Phi) is 16.5. The molecule has 60 heavy (non-hydrogen) atoms. The monoisotopic (exact) mass is 876 g/mol. The number of nitrogens with two attached hydrogens (primary N) is 1. The molecule has 5 heterocycles. The molecular weight excluding hydrogens is 816 g/mol. The van der Waals surface area contributed by atoms with Gasteiger partial charge in [-0.15, -0.1) is 0 Å². The fraction of sp³-hybridized carbons (Fsp3) is 0.971. The summed E-state index contributed by atoms with van der Waals surface area (Å²) in [6, 6.07) is -1.57. The Hall–Kier alpha value is -1.45. The highest BCUT2D eigenvalue weighted by Gasteiger charge is 2.58. The van der Waals surface area contributed by atoms with E-state index in [4.69, 9.17) is 53.1 Å². The number of amides is 1. The molecular formula is C35H60N2O23. The van der Waals surface area contributed by atoms with Gasteiger partial charge in [0, 0.05) is 13.3 Å². The van der Waals surface area contributed by atoms with Crippen LogP contribution in [0.3, 0.4) is 0 Å². The van der Waals surface area contributed by atoms with Crippen molar-refractivity contribution in [3.63, 3.8) is 0 Å². The van der Waals surface area contributed by atoms with Crippen molar-refractivity contribution in [1.82, 2.24) is 5.32 Å². The molecule has 6 rings (SSSR count). The molecule has 25 heteroatoms. The lowest BCUT2D eigenvalue weighted by Crippen LogP contribution is -2.71. The van der Waals surface area contributed by atoms with E-state index in [0.29, 0.717) is 6.42 Å². The molecule has 0 aromatic heterocycles. The van der Waals surface area contributed by atoms with Crippen molar-refractivity contribution in [1.29, 1.82) is 0 Å². The summed E-state index contributed by atoms with van der Waals surface area (Å²) in [4.78, 5) is 12.9. The van der Waals surface area contributed by atoms with Crippen molar-refractivity contribution in [2.24, 2.45) is 5.73 Å². The summed E-state index contributed by atoms with van der Waals surface area (Å²) in [6.45, 7) is 0.511. The number of hydrogen-bond donors (Lipinski definition) is 14. The first kappa shape index (κ1) is 48.0. The van der Waals surface area contributed by atoms with Crippen LogP contribution in [-0.2, 0) is 52.2 Å². The van der Waals surface area contributed by atoms with Gasteiger partial charge in [0.25, 0.3) is 0 Å². The highest BCUT2D eigenvalue weighted by Crippen LogP contribution is 2.38. The van der Waals surface area contributed by atoms with E-state index in [2.05, 4.69) is 5.32 Å². The minimum Gasteiger partial charge on any atom is -0.394 e. The lowest BCUT2D eigenvalue weighted by Gasteiger charge is -2.53. The summed E-state index contributed by atoms with van der Waals surface area (Å²) in [6.07, 6.45) is -39.6. The molecule has 1 saturated carbocycles. The highest BCUT2D eigenvalue weighted by molar-refractivity contribution is 5.73. The number of rotatable bonds is 11. The van der Waals surface area contributed by atoms with E-state index in [-0.39, 0.29) is 19.6 Å². The quantitative estimate of drug-likeness (QED) is 0.0857. The van der Waals surface area contributed by atoms with E-state index in [0.717, 1.165) is 6.92 Å². The standard InChI is InChI=1S/C35H60N2O23/c1-10-18(41)23(46)26(49)34(53-10)60-31-25(48)21(44)16-9-52-12-6-13(20(43)24(47)19(12)42)54-29-17(37-11(2)40)32(56-15(8-39)28(29)58-35(31)57-16)59-30-22(45)14(7-38)55-33(27(30)50)51-5-3-4-36/h10,12-35,38-39,41-50H,3-9,36H2,1-2H3,(H,37,40)/t10-,12?,13+,14?,15?,16?,17?,18+,19+,20+,21-,22-,23?,24?,25?,26?,27?,28+,29+,30-,31?,32-,33+,34-,35-/m0/s1. The van der Waals surface area contributed by atoms with E-state index in [1.807, 2.05) is 0 Å². The van der Waals surface area contributed by atoms with Crippen LogP contribution in [0, 0.1) is 0 Å². The number of hydrogen-bond acceptors (Lipinski definition) is 24. The molecule has 1 amide bonds. The number of aliphatic hydroxyl groups excluding tert-OH is 12. The zero-order valence-electron chi connectivity index (χ0n) is 32.8. The Labute approximate surface area is 343 Å². The number of ether oxygens (including phenoxy) is 10. The Morgan fingerprint density at radius 3 is 1.93 bits per heavy atom. The highest BCUT2D eigenvalue weighted by atomic mass is 16.8. The fourth-order valence-corrected chi connectivity index (χ4v) is 8.28. The number of carbonyl (C=O) groups excluding carboxylic acids is 1. The van der Waals surface area contributed by atoms with Crippen molar-refractivity contribution < 1.29 is 113 Å². The molecule has 0 aromatic carbocycles. The molecule has 0 aromatic rings. The third-order valence-corrected chi connectivity index (χ3v) is 11.7. The van der Waals surface area contributed by atoms with Gasteiger partial charge in [0.15, 0.2) is 25.2 Å². The summed E-state index contributed by atoms with van der Waals surface area (Å²) < 4.78 is 59.7.